The number of aryl methyl sites for hydroxylation is 1. The number of nitrogens with zero attached hydrogens (tertiary/aromatic N) is 2. The largest absolute Gasteiger partial charge is 0.497 e. The molecule has 0 aromatic heterocycles. The van der Waals surface area contributed by atoms with E-state index in [1.807, 2.05) is 0 Å². The predicted molar refractivity (Wildman–Crippen MR) is 114 cm³/mol. The van der Waals surface area contributed by atoms with Gasteiger partial charge in [0, 0.05) is 44.5 Å². The molecule has 1 N–H and O–H groups in total. The van der Waals surface area contributed by atoms with E-state index in [4.69, 9.17) is 4.74 Å². The molecule has 2 amide bonds. The first-order chi connectivity index (χ1) is 14.1. The molecule has 1 aliphatic rings. The van der Waals surface area contributed by atoms with Crippen LogP contribution in [0.3, 0.4) is 0 Å². The van der Waals surface area contributed by atoms with Crippen molar-refractivity contribution in [1.29, 1.82) is 0 Å². The van der Waals surface area contributed by atoms with Crippen molar-refractivity contribution < 1.29 is 22.7 Å². The van der Waals surface area contributed by atoms with Crippen LogP contribution in [0.4, 0.5) is 11.4 Å². The van der Waals surface area contributed by atoms with Gasteiger partial charge in [-0.3, -0.25) is 9.59 Å². The number of carbonyl (C=O) groups excluding carboxylic acids is 2. The summed E-state index contributed by atoms with van der Waals surface area (Å²) in [5.41, 5.74) is 1.63. The third kappa shape index (κ3) is 4.31. The molecule has 3 rings (SSSR count). The molecule has 1 saturated heterocycles. The van der Waals surface area contributed by atoms with Gasteiger partial charge in [0.1, 0.15) is 5.75 Å². The van der Waals surface area contributed by atoms with Gasteiger partial charge in [-0.1, -0.05) is 12.1 Å². The molecule has 9 heteroatoms. The molecule has 2 aromatic carbocycles. The summed E-state index contributed by atoms with van der Waals surface area (Å²) < 4.78 is 31.3. The highest BCUT2D eigenvalue weighted by molar-refractivity contribution is 7.89. The number of rotatable bonds is 6. The van der Waals surface area contributed by atoms with Crippen LogP contribution < -0.4 is 15.0 Å². The number of sulfonamides is 1. The Balaban J connectivity index is 1.76. The van der Waals surface area contributed by atoms with Gasteiger partial charge >= 0.3 is 0 Å². The SMILES string of the molecule is COc1cccc(N2C[C@H](C(=O)Nc3ccc(C)c(S(=O)(=O)N(C)C)c3)CC2=O)c1. The molecule has 0 spiro atoms. The number of ether oxygens (including phenoxy) is 1. The minimum atomic E-state index is -3.64. The number of anilines is 2. The molecule has 160 valence electrons. The maximum atomic E-state index is 12.8. The van der Waals surface area contributed by atoms with Crippen LogP contribution in [0.15, 0.2) is 47.4 Å². The second-order valence-corrected chi connectivity index (χ2v) is 9.48. The molecular weight excluding hydrogens is 406 g/mol. The summed E-state index contributed by atoms with van der Waals surface area (Å²) in [4.78, 5) is 26.9. The number of hydrogen-bond acceptors (Lipinski definition) is 5. The number of carbonyl (C=O) groups is 2. The van der Waals surface area contributed by atoms with Crippen molar-refractivity contribution in [2.24, 2.45) is 5.92 Å². The van der Waals surface area contributed by atoms with Crippen LogP contribution in [0.5, 0.6) is 5.75 Å². The first-order valence-electron chi connectivity index (χ1n) is 9.42. The van der Waals surface area contributed by atoms with Crippen LogP contribution in [-0.4, -0.2) is 52.3 Å². The monoisotopic (exact) mass is 431 g/mol. The number of nitrogens with one attached hydrogen (secondary N) is 1. The summed E-state index contributed by atoms with van der Waals surface area (Å²) >= 11 is 0. The van der Waals surface area contributed by atoms with Crippen molar-refractivity contribution in [2.45, 2.75) is 18.2 Å². The zero-order chi connectivity index (χ0) is 22.1. The Labute approximate surface area is 176 Å². The third-order valence-corrected chi connectivity index (χ3v) is 7.03. The van der Waals surface area contributed by atoms with Crippen molar-refractivity contribution in [3.8, 4) is 5.75 Å². The van der Waals surface area contributed by atoms with Gasteiger partial charge in [0.25, 0.3) is 0 Å². The Morgan fingerprint density at radius 1 is 1.20 bits per heavy atom. The molecule has 1 heterocycles. The van der Waals surface area contributed by atoms with Crippen LogP contribution >= 0.6 is 0 Å². The van der Waals surface area contributed by atoms with E-state index in [0.717, 1.165) is 4.31 Å². The van der Waals surface area contributed by atoms with Gasteiger partial charge in [0.15, 0.2) is 0 Å². The maximum Gasteiger partial charge on any atom is 0.242 e. The summed E-state index contributed by atoms with van der Waals surface area (Å²) in [6.07, 6.45) is 0.0811. The van der Waals surface area contributed by atoms with Gasteiger partial charge in [-0.05, 0) is 36.8 Å². The molecule has 1 aliphatic heterocycles. The zero-order valence-electron chi connectivity index (χ0n) is 17.4. The molecule has 8 nitrogen and oxygen atoms in total. The lowest BCUT2D eigenvalue weighted by Crippen LogP contribution is -2.28. The summed E-state index contributed by atoms with van der Waals surface area (Å²) in [7, 11) is 0.823. The fourth-order valence-corrected chi connectivity index (χ4v) is 4.45. The van der Waals surface area contributed by atoms with E-state index in [9.17, 15) is 18.0 Å². The number of methoxy groups -OCH3 is 1. The molecule has 0 saturated carbocycles. The number of amides is 2. The van der Waals surface area contributed by atoms with Crippen molar-refractivity contribution in [2.75, 3.05) is 38.0 Å². The Morgan fingerprint density at radius 2 is 1.93 bits per heavy atom. The average molecular weight is 432 g/mol. The van der Waals surface area contributed by atoms with Gasteiger partial charge < -0.3 is 15.0 Å². The van der Waals surface area contributed by atoms with E-state index in [-0.39, 0.29) is 29.7 Å². The molecule has 0 radical (unpaired) electrons. The minimum Gasteiger partial charge on any atom is -0.497 e. The highest BCUT2D eigenvalue weighted by Crippen LogP contribution is 2.29. The minimum absolute atomic E-state index is 0.0811. The maximum absolute atomic E-state index is 12.8. The summed E-state index contributed by atoms with van der Waals surface area (Å²) in [5.74, 6) is -0.393. The van der Waals surface area contributed by atoms with E-state index >= 15 is 0 Å². The van der Waals surface area contributed by atoms with Crippen molar-refractivity contribution >= 4 is 33.2 Å². The Morgan fingerprint density at radius 3 is 2.60 bits per heavy atom. The normalized spacial score (nSPS) is 16.8. The molecule has 0 bridgehead atoms. The molecule has 0 unspecified atom stereocenters. The fraction of sp³-hybridized carbons (Fsp3) is 0.333. The van der Waals surface area contributed by atoms with E-state index in [1.165, 1.54) is 20.2 Å². The lowest BCUT2D eigenvalue weighted by Gasteiger charge is -2.18. The van der Waals surface area contributed by atoms with Crippen LogP contribution in [-0.2, 0) is 19.6 Å². The van der Waals surface area contributed by atoms with E-state index in [2.05, 4.69) is 5.32 Å². The lowest BCUT2D eigenvalue weighted by molar-refractivity contribution is -0.122. The Bertz CT molecular complexity index is 1080. The van der Waals surface area contributed by atoms with Crippen LogP contribution in [0.1, 0.15) is 12.0 Å². The smallest absolute Gasteiger partial charge is 0.242 e. The Hall–Kier alpha value is -2.91. The van der Waals surface area contributed by atoms with Crippen LogP contribution in [0.25, 0.3) is 0 Å². The van der Waals surface area contributed by atoms with Gasteiger partial charge in [-0.15, -0.1) is 0 Å². The van der Waals surface area contributed by atoms with Gasteiger partial charge in [0.2, 0.25) is 21.8 Å². The van der Waals surface area contributed by atoms with Gasteiger partial charge in [0.05, 0.1) is 17.9 Å². The topological polar surface area (TPSA) is 96.0 Å². The predicted octanol–water partition coefficient (Wildman–Crippen LogP) is 2.25. The first kappa shape index (κ1) is 21.8. The standard InChI is InChI=1S/C21H25N3O5S/c1-14-8-9-16(11-19(14)30(27,28)23(2)3)22-21(26)15-10-20(25)24(13-15)17-6-5-7-18(12-17)29-4/h5-9,11-12,15H,10,13H2,1-4H3,(H,22,26)/t15-/m1/s1. The highest BCUT2D eigenvalue weighted by atomic mass is 32.2. The quantitative estimate of drug-likeness (QED) is 0.757. The van der Waals surface area contributed by atoms with Crippen LogP contribution in [0.2, 0.25) is 0 Å². The third-order valence-electron chi connectivity index (χ3n) is 5.08. The fourth-order valence-electron chi connectivity index (χ4n) is 3.31. The van der Waals surface area contributed by atoms with Crippen LogP contribution in [0, 0.1) is 12.8 Å². The zero-order valence-corrected chi connectivity index (χ0v) is 18.2. The number of benzene rings is 2. The van der Waals surface area contributed by atoms with Crippen molar-refractivity contribution in [1.82, 2.24) is 4.31 Å². The second kappa shape index (κ2) is 8.45. The lowest BCUT2D eigenvalue weighted by atomic mass is 10.1. The summed E-state index contributed by atoms with van der Waals surface area (Å²) in [5, 5.41) is 2.75. The highest BCUT2D eigenvalue weighted by Gasteiger charge is 2.35. The molecule has 1 fully saturated rings. The number of hydrogen-bond donors (Lipinski definition) is 1. The molecule has 2 aromatic rings. The van der Waals surface area contributed by atoms with Gasteiger partial charge in [-0.2, -0.15) is 0 Å². The van der Waals surface area contributed by atoms with E-state index in [0.29, 0.717) is 22.7 Å². The Kier molecular flexibility index (Phi) is 6.14. The molecule has 30 heavy (non-hydrogen) atoms. The first-order valence-corrected chi connectivity index (χ1v) is 10.9. The van der Waals surface area contributed by atoms with E-state index < -0.39 is 15.9 Å². The molecular formula is C21H25N3O5S. The van der Waals surface area contributed by atoms with E-state index in [1.54, 1.807) is 55.3 Å². The van der Waals surface area contributed by atoms with Gasteiger partial charge in [-0.25, -0.2) is 12.7 Å². The molecule has 1 atom stereocenters. The molecule has 0 aliphatic carbocycles. The second-order valence-electron chi connectivity index (χ2n) is 7.36. The summed E-state index contributed by atoms with van der Waals surface area (Å²) in [6, 6.07) is 11.8. The summed E-state index contributed by atoms with van der Waals surface area (Å²) in [6.45, 7) is 1.94. The average Bonchev–Trinajstić information content (AvgIpc) is 3.11. The van der Waals surface area contributed by atoms with Crippen molar-refractivity contribution in [3.63, 3.8) is 0 Å². The van der Waals surface area contributed by atoms with Crippen molar-refractivity contribution in [3.05, 3.63) is 48.0 Å².